The van der Waals surface area contributed by atoms with Crippen molar-refractivity contribution in [2.24, 2.45) is 10.8 Å². The molecule has 3 aromatic carbocycles. The van der Waals surface area contributed by atoms with Gasteiger partial charge in [0.15, 0.2) is 0 Å². The van der Waals surface area contributed by atoms with Gasteiger partial charge in [-0.2, -0.15) is 0 Å². The van der Waals surface area contributed by atoms with E-state index in [9.17, 15) is 19.8 Å². The lowest BCUT2D eigenvalue weighted by atomic mass is 9.74. The number of morpholine rings is 3. The Hall–Kier alpha value is -5.50. The van der Waals surface area contributed by atoms with E-state index in [1.54, 1.807) is 55.0 Å². The molecule has 3 saturated heterocycles. The van der Waals surface area contributed by atoms with Crippen LogP contribution in [-0.2, 0) is 37.7 Å². The zero-order valence-corrected chi connectivity index (χ0v) is 51.5. The summed E-state index contributed by atoms with van der Waals surface area (Å²) in [6.07, 6.45) is -0.515. The van der Waals surface area contributed by atoms with Gasteiger partial charge in [0.05, 0.1) is 64.7 Å². The third-order valence-corrected chi connectivity index (χ3v) is 17.6. The molecule has 3 aliphatic heterocycles. The summed E-state index contributed by atoms with van der Waals surface area (Å²) >= 11 is 4.87. The van der Waals surface area contributed by atoms with Crippen molar-refractivity contribution in [3.63, 3.8) is 0 Å². The van der Waals surface area contributed by atoms with Crippen molar-refractivity contribution in [1.29, 1.82) is 0 Å². The van der Waals surface area contributed by atoms with Crippen molar-refractivity contribution >= 4 is 71.3 Å². The van der Waals surface area contributed by atoms with Crippen molar-refractivity contribution in [1.82, 2.24) is 0 Å². The number of anilines is 3. The molecule has 0 bridgehead atoms. The minimum Gasteiger partial charge on any atom is -0.520 e. The molecule has 2 N–H and O–H groups in total. The molecular formula is C62H83N3O10S3Si. The standard InChI is InChI=1S/C20H25NO3S.C19H23NO3S.C15H17NO2S.C8H18O2Si/c1-20(2,19(22)23-3)18(17-5-4-14-25-17)15-6-8-16(9-7-15)21-10-12-24-13-11-21;1-19(2,18(21)22)17(16-4-3-13-24-16)14-5-7-15(8-6-14)20-9-11-23-12-10-20;17-15(14-2-1-11-19-14)12-3-5-13(6-4-12)16-7-9-18-10-8-16;1-7(2)8(9-3)10-11(4,5)6/h4-9,14,18H,10-13H2,1-3H3;3-8,13,17H,9-12H2,1-2H3,(H,21,22);1-6,11,15,17H,7-10H2;1-6H3. The number of nitrogens with zero attached hydrogens (tertiary/aromatic N) is 3. The number of carboxylic acids is 1. The average Bonchev–Trinajstić information content (AvgIpc) is 4.33. The first-order valence-electron chi connectivity index (χ1n) is 27.0. The molecule has 428 valence electrons. The molecule has 0 aliphatic carbocycles. The summed E-state index contributed by atoms with van der Waals surface area (Å²) in [4.78, 5) is 34.4. The van der Waals surface area contributed by atoms with E-state index in [2.05, 4.69) is 106 Å². The van der Waals surface area contributed by atoms with Crippen molar-refractivity contribution in [2.75, 3.05) is 108 Å². The summed E-state index contributed by atoms with van der Waals surface area (Å²) in [6.45, 7) is 28.0. The summed E-state index contributed by atoms with van der Waals surface area (Å²) < 4.78 is 32.0. The fourth-order valence-electron chi connectivity index (χ4n) is 9.61. The maximum absolute atomic E-state index is 12.4. The highest BCUT2D eigenvalue weighted by Gasteiger charge is 2.41. The van der Waals surface area contributed by atoms with Gasteiger partial charge in [0.2, 0.25) is 8.32 Å². The van der Waals surface area contributed by atoms with Gasteiger partial charge in [-0.15, -0.1) is 34.0 Å². The predicted octanol–water partition coefficient (Wildman–Crippen LogP) is 13.1. The Morgan fingerprint density at radius 1 is 0.532 bits per heavy atom. The molecule has 0 radical (unpaired) electrons. The van der Waals surface area contributed by atoms with Gasteiger partial charge in [0.1, 0.15) is 6.10 Å². The van der Waals surface area contributed by atoms with E-state index in [4.69, 9.17) is 28.1 Å². The van der Waals surface area contributed by atoms with Crippen molar-refractivity contribution in [2.45, 2.75) is 79.1 Å². The lowest BCUT2D eigenvalue weighted by Crippen LogP contribution is -2.36. The lowest BCUT2D eigenvalue weighted by molar-refractivity contribution is -0.151. The van der Waals surface area contributed by atoms with Crippen LogP contribution >= 0.6 is 34.0 Å². The number of rotatable bonds is 16. The van der Waals surface area contributed by atoms with Gasteiger partial charge in [-0.05, 0) is 149 Å². The predicted molar refractivity (Wildman–Crippen MR) is 326 cm³/mol. The Kier molecular flexibility index (Phi) is 23.7. The Balaban J connectivity index is 0.000000176. The molecule has 3 fully saturated rings. The van der Waals surface area contributed by atoms with Crippen molar-refractivity contribution in [3.05, 3.63) is 168 Å². The molecule has 3 aromatic heterocycles. The highest BCUT2D eigenvalue weighted by atomic mass is 32.1. The van der Waals surface area contributed by atoms with Crippen LogP contribution in [0, 0.1) is 10.8 Å². The molecular weight excluding hydrogens is 1070 g/mol. The Morgan fingerprint density at radius 3 is 1.15 bits per heavy atom. The Labute approximate surface area is 482 Å². The van der Waals surface area contributed by atoms with Crippen LogP contribution in [0.5, 0.6) is 0 Å². The van der Waals surface area contributed by atoms with Gasteiger partial charge in [0, 0.05) is 88.4 Å². The van der Waals surface area contributed by atoms with E-state index < -0.39 is 31.2 Å². The first-order valence-corrected chi connectivity index (χ1v) is 33.1. The number of thiophene rings is 3. The molecule has 3 atom stereocenters. The van der Waals surface area contributed by atoms with Crippen LogP contribution in [0.25, 0.3) is 0 Å². The Morgan fingerprint density at radius 2 is 0.873 bits per heavy atom. The second-order valence-electron chi connectivity index (χ2n) is 21.8. The maximum atomic E-state index is 12.4. The zero-order chi connectivity index (χ0) is 57.2. The van der Waals surface area contributed by atoms with Crippen LogP contribution in [0.1, 0.15) is 90.8 Å². The quantitative estimate of drug-likeness (QED) is 0.0540. The van der Waals surface area contributed by atoms with Gasteiger partial charge < -0.3 is 53.0 Å². The fourth-order valence-corrected chi connectivity index (χ4v) is 13.3. The van der Waals surface area contributed by atoms with Crippen LogP contribution in [0.15, 0.2) is 137 Å². The van der Waals surface area contributed by atoms with E-state index in [1.807, 2.05) is 80.9 Å². The van der Waals surface area contributed by atoms with Crippen molar-refractivity contribution in [3.8, 4) is 0 Å². The zero-order valence-electron chi connectivity index (χ0n) is 48.1. The molecule has 17 heteroatoms. The van der Waals surface area contributed by atoms with Gasteiger partial charge in [-0.25, -0.2) is 0 Å². The fraction of sp³-hybridized carbons (Fsp3) is 0.452. The molecule has 6 heterocycles. The molecule has 13 nitrogen and oxygen atoms in total. The lowest BCUT2D eigenvalue weighted by Gasteiger charge is -2.32. The number of hydrogen-bond acceptors (Lipinski definition) is 15. The van der Waals surface area contributed by atoms with Gasteiger partial charge >= 0.3 is 11.9 Å². The molecule has 3 unspecified atom stereocenters. The number of carbonyl (C=O) groups is 2. The average molecular weight is 1150 g/mol. The number of aliphatic carboxylic acids is 1. The maximum Gasteiger partial charge on any atom is 0.312 e. The second-order valence-corrected chi connectivity index (χ2v) is 29.2. The summed E-state index contributed by atoms with van der Waals surface area (Å²) in [6, 6.07) is 37.1. The summed E-state index contributed by atoms with van der Waals surface area (Å²) in [5, 5.41) is 26.0. The smallest absolute Gasteiger partial charge is 0.312 e. The van der Waals surface area contributed by atoms with Crippen LogP contribution in [0.2, 0.25) is 19.6 Å². The minimum atomic E-state index is -1.49. The number of carbonyl (C=O) groups excluding carboxylic acids is 1. The monoisotopic (exact) mass is 1150 g/mol. The summed E-state index contributed by atoms with van der Waals surface area (Å²) in [5.74, 6) is -0.474. The molecule has 3 aliphatic rings. The van der Waals surface area contributed by atoms with Crippen LogP contribution in [-0.4, -0.2) is 124 Å². The summed E-state index contributed by atoms with van der Waals surface area (Å²) in [5.41, 5.74) is 6.27. The van der Waals surface area contributed by atoms with Gasteiger partial charge in [0.25, 0.3) is 5.95 Å². The molecule has 9 rings (SSSR count). The number of hydrogen-bond donors (Lipinski definition) is 2. The van der Waals surface area contributed by atoms with E-state index in [1.165, 1.54) is 29.0 Å². The van der Waals surface area contributed by atoms with Crippen molar-refractivity contribution < 1.29 is 47.9 Å². The number of methoxy groups -OCH3 is 2. The third kappa shape index (κ3) is 17.7. The molecule has 0 spiro atoms. The largest absolute Gasteiger partial charge is 0.520 e. The van der Waals surface area contributed by atoms with E-state index >= 15 is 0 Å². The SMILES string of the molecule is CC(C)(C(=O)O)C(c1ccc(N2CCOCC2)cc1)c1cccs1.COC(=O)C(C)(C)C(c1ccc(N2CCOCC2)cc1)c1cccs1.COC(O[Si](C)(C)C)=C(C)C.OC(c1ccc(N2CCOCC2)cc1)c1cccs1. The number of ether oxygens (including phenoxy) is 5. The third-order valence-electron chi connectivity index (χ3n) is 14.0. The Bertz CT molecular complexity index is 2740. The topological polar surface area (TPSA) is 140 Å². The number of carboxylic acid groups (broad SMARTS) is 1. The van der Waals surface area contributed by atoms with Crippen LogP contribution in [0.3, 0.4) is 0 Å². The minimum absolute atomic E-state index is 0.0290. The number of aliphatic hydroxyl groups is 1. The first-order chi connectivity index (χ1) is 37.7. The molecule has 6 aromatic rings. The summed E-state index contributed by atoms with van der Waals surface area (Å²) in [7, 11) is 1.61. The normalized spacial score (nSPS) is 16.0. The first kappa shape index (κ1) is 62.7. The number of allylic oxidation sites excluding steroid dienone is 1. The van der Waals surface area contributed by atoms with Crippen LogP contribution in [0.4, 0.5) is 17.1 Å². The van der Waals surface area contributed by atoms with Crippen LogP contribution < -0.4 is 14.7 Å². The van der Waals surface area contributed by atoms with Gasteiger partial charge in [-0.1, -0.05) is 54.6 Å². The highest BCUT2D eigenvalue weighted by Crippen LogP contribution is 2.45. The van der Waals surface area contributed by atoms with E-state index in [-0.39, 0.29) is 17.8 Å². The number of aliphatic hydroxyl groups excluding tert-OH is 1. The number of benzene rings is 3. The molecule has 79 heavy (non-hydrogen) atoms. The number of esters is 1. The molecule has 0 saturated carbocycles. The van der Waals surface area contributed by atoms with E-state index in [0.29, 0.717) is 5.95 Å². The van der Waals surface area contributed by atoms with Gasteiger partial charge in [-0.3, -0.25) is 9.59 Å². The second kappa shape index (κ2) is 29.8. The van der Waals surface area contributed by atoms with E-state index in [0.717, 1.165) is 111 Å². The highest BCUT2D eigenvalue weighted by molar-refractivity contribution is 7.10. The molecule has 0 amide bonds.